The summed E-state index contributed by atoms with van der Waals surface area (Å²) in [5.41, 5.74) is 4.09. The number of carbonyl (C=O) groups is 1. The number of hydrogen-bond acceptors (Lipinski definition) is 3. The van der Waals surface area contributed by atoms with Crippen molar-refractivity contribution in [2.45, 2.75) is 67.4 Å². The number of ether oxygens (including phenoxy) is 1. The standard InChI is InChI=1S/C12H16FO2P.C10H14N2.C2H6/c1-3-4-11(15-8(2)14)9-5-6-10(13)12(16)7-9;1-4-6-9(5-2)10-7-8(3)11-12-10;1-2/h5-7,11H,3-4,16H2,1-2H3;4-7H,1-3H3,(H,11,12);1-2H3/b;6-4-,9-5+;. The van der Waals surface area contributed by atoms with Crippen molar-refractivity contribution >= 4 is 26.1 Å². The second-order valence-corrected chi connectivity index (χ2v) is 6.97. The lowest BCUT2D eigenvalue weighted by molar-refractivity contribution is -0.147. The van der Waals surface area contributed by atoms with Gasteiger partial charge in [0, 0.05) is 17.9 Å². The third kappa shape index (κ3) is 9.98. The van der Waals surface area contributed by atoms with Crippen molar-refractivity contribution in [2.75, 3.05) is 0 Å². The lowest BCUT2D eigenvalue weighted by atomic mass is 10.1. The number of rotatable bonds is 6. The molecule has 2 rings (SSSR count). The number of esters is 1. The number of aryl methyl sites for hydroxylation is 1. The molecule has 0 fully saturated rings. The third-order valence-electron chi connectivity index (χ3n) is 3.91. The smallest absolute Gasteiger partial charge is 0.303 e. The van der Waals surface area contributed by atoms with Crippen LogP contribution < -0.4 is 5.30 Å². The molecule has 6 heteroatoms. The van der Waals surface area contributed by atoms with Crippen LogP contribution >= 0.6 is 9.24 Å². The molecule has 1 aromatic carbocycles. The quantitative estimate of drug-likeness (QED) is 0.323. The van der Waals surface area contributed by atoms with Gasteiger partial charge < -0.3 is 4.74 Å². The monoisotopic (exact) mass is 434 g/mol. The van der Waals surface area contributed by atoms with E-state index in [4.69, 9.17) is 4.74 Å². The summed E-state index contributed by atoms with van der Waals surface area (Å²) in [7, 11) is 2.33. The summed E-state index contributed by atoms with van der Waals surface area (Å²) in [5, 5.41) is 7.57. The molecule has 4 nitrogen and oxygen atoms in total. The zero-order valence-electron chi connectivity index (χ0n) is 19.3. The maximum atomic E-state index is 13.1. The molecule has 166 valence electrons. The normalized spacial score (nSPS) is 11.8. The van der Waals surface area contributed by atoms with E-state index in [1.54, 1.807) is 12.1 Å². The number of benzene rings is 1. The molecular weight excluding hydrogens is 398 g/mol. The summed E-state index contributed by atoms with van der Waals surface area (Å²) in [6.07, 6.45) is 7.49. The minimum atomic E-state index is -0.312. The molecular formula is C24H36FN2O2P. The first kappa shape index (κ1) is 27.7. The van der Waals surface area contributed by atoms with Gasteiger partial charge in [-0.05, 0) is 56.5 Å². The number of aromatic amines is 1. The van der Waals surface area contributed by atoms with Crippen LogP contribution in [0.1, 0.15) is 77.4 Å². The van der Waals surface area contributed by atoms with Crippen LogP contribution in [0.4, 0.5) is 4.39 Å². The predicted molar refractivity (Wildman–Crippen MR) is 128 cm³/mol. The number of hydrogen-bond donors (Lipinski definition) is 1. The Morgan fingerprint density at radius 3 is 2.40 bits per heavy atom. The first-order chi connectivity index (χ1) is 14.3. The van der Waals surface area contributed by atoms with Crippen LogP contribution in [-0.2, 0) is 9.53 Å². The molecule has 0 bridgehead atoms. The Kier molecular flexibility index (Phi) is 14.4. The van der Waals surface area contributed by atoms with E-state index in [2.05, 4.69) is 31.6 Å². The van der Waals surface area contributed by atoms with E-state index >= 15 is 0 Å². The largest absolute Gasteiger partial charge is 0.458 e. The number of carbonyl (C=O) groups excluding carboxylic acids is 1. The van der Waals surface area contributed by atoms with Gasteiger partial charge >= 0.3 is 5.97 Å². The van der Waals surface area contributed by atoms with Crippen molar-refractivity contribution in [3.63, 3.8) is 0 Å². The number of allylic oxidation sites excluding steroid dienone is 4. The minimum absolute atomic E-state index is 0.271. The SMILES string of the molecule is C/C=C\C(=C/C)c1cc(C)[nH]n1.CC.CCCC(OC(C)=O)c1ccc(F)c(P)c1. The molecule has 0 saturated carbocycles. The van der Waals surface area contributed by atoms with E-state index in [-0.39, 0.29) is 17.9 Å². The summed E-state index contributed by atoms with van der Waals surface area (Å²) < 4.78 is 18.3. The number of halogens is 1. The second-order valence-electron chi connectivity index (χ2n) is 6.35. The molecule has 2 atom stereocenters. The van der Waals surface area contributed by atoms with E-state index < -0.39 is 0 Å². The zero-order valence-corrected chi connectivity index (χ0v) is 20.4. The molecule has 0 aliphatic rings. The fourth-order valence-electron chi connectivity index (χ4n) is 2.59. The van der Waals surface area contributed by atoms with Gasteiger partial charge in [-0.3, -0.25) is 9.89 Å². The summed E-state index contributed by atoms with van der Waals surface area (Å²) >= 11 is 0. The molecule has 0 amide bonds. The highest BCUT2D eigenvalue weighted by atomic mass is 31.0. The minimum Gasteiger partial charge on any atom is -0.458 e. The summed E-state index contributed by atoms with van der Waals surface area (Å²) in [6, 6.07) is 6.79. The molecule has 0 aliphatic carbocycles. The summed E-state index contributed by atoms with van der Waals surface area (Å²) in [5.74, 6) is -0.583. The van der Waals surface area contributed by atoms with Crippen LogP contribution in [0.25, 0.3) is 5.57 Å². The number of nitrogens with one attached hydrogen (secondary N) is 1. The highest BCUT2D eigenvalue weighted by Gasteiger charge is 2.14. The first-order valence-corrected chi connectivity index (χ1v) is 10.9. The van der Waals surface area contributed by atoms with Gasteiger partial charge in [0.15, 0.2) is 0 Å². The maximum Gasteiger partial charge on any atom is 0.303 e. The topological polar surface area (TPSA) is 55.0 Å². The molecule has 1 aromatic heterocycles. The van der Waals surface area contributed by atoms with E-state index in [0.717, 1.165) is 35.4 Å². The molecule has 2 unspecified atom stereocenters. The predicted octanol–water partition coefficient (Wildman–Crippen LogP) is 6.45. The van der Waals surface area contributed by atoms with Gasteiger partial charge in [-0.15, -0.1) is 9.24 Å². The van der Waals surface area contributed by atoms with E-state index in [1.165, 1.54) is 13.0 Å². The third-order valence-corrected chi connectivity index (χ3v) is 4.35. The average molecular weight is 435 g/mol. The average Bonchev–Trinajstić information content (AvgIpc) is 3.15. The number of aromatic nitrogens is 2. The fourth-order valence-corrected chi connectivity index (χ4v) is 2.88. The van der Waals surface area contributed by atoms with Crippen LogP contribution in [0.5, 0.6) is 0 Å². The molecule has 0 aliphatic heterocycles. The Hall–Kier alpha value is -2.26. The summed E-state index contributed by atoms with van der Waals surface area (Å²) in [4.78, 5) is 11.0. The maximum absolute atomic E-state index is 13.1. The number of H-pyrrole nitrogens is 1. The van der Waals surface area contributed by atoms with Gasteiger partial charge in [0.05, 0.1) is 5.69 Å². The Labute approximate surface area is 183 Å². The molecule has 0 radical (unpaired) electrons. The molecule has 0 spiro atoms. The van der Waals surface area contributed by atoms with Crippen LogP contribution in [0, 0.1) is 12.7 Å². The van der Waals surface area contributed by atoms with Crippen LogP contribution in [-0.4, -0.2) is 16.2 Å². The van der Waals surface area contributed by atoms with Crippen molar-refractivity contribution in [1.82, 2.24) is 10.2 Å². The molecule has 30 heavy (non-hydrogen) atoms. The fraction of sp³-hybridized carbons (Fsp3) is 0.417. The number of nitrogens with zero attached hydrogens (tertiary/aromatic N) is 1. The van der Waals surface area contributed by atoms with Crippen molar-refractivity contribution in [3.8, 4) is 0 Å². The van der Waals surface area contributed by atoms with Crippen molar-refractivity contribution in [1.29, 1.82) is 0 Å². The van der Waals surface area contributed by atoms with Crippen molar-refractivity contribution in [2.24, 2.45) is 0 Å². The lowest BCUT2D eigenvalue weighted by Gasteiger charge is -2.17. The Morgan fingerprint density at radius 2 is 1.97 bits per heavy atom. The zero-order chi connectivity index (χ0) is 23.1. The molecule has 0 saturated heterocycles. The molecule has 2 aromatic rings. The summed E-state index contributed by atoms with van der Waals surface area (Å²) in [6.45, 7) is 13.4. The first-order valence-electron chi connectivity index (χ1n) is 10.4. The van der Waals surface area contributed by atoms with Gasteiger partial charge in [0.25, 0.3) is 0 Å². The van der Waals surface area contributed by atoms with Gasteiger partial charge in [0.1, 0.15) is 11.9 Å². The second kappa shape index (κ2) is 15.6. The van der Waals surface area contributed by atoms with Gasteiger partial charge in [0.2, 0.25) is 0 Å². The highest BCUT2D eigenvalue weighted by molar-refractivity contribution is 7.27. The van der Waals surface area contributed by atoms with E-state index in [1.807, 2.05) is 53.7 Å². The Morgan fingerprint density at radius 1 is 1.30 bits per heavy atom. The van der Waals surface area contributed by atoms with Crippen molar-refractivity contribution in [3.05, 3.63) is 65.3 Å². The Bertz CT molecular complexity index is 828. The van der Waals surface area contributed by atoms with E-state index in [0.29, 0.717) is 5.30 Å². The molecule has 1 N–H and O–H groups in total. The van der Waals surface area contributed by atoms with Crippen molar-refractivity contribution < 1.29 is 13.9 Å². The van der Waals surface area contributed by atoms with Crippen LogP contribution in [0.15, 0.2) is 42.5 Å². The Balaban J connectivity index is 0.000000535. The van der Waals surface area contributed by atoms with E-state index in [9.17, 15) is 9.18 Å². The van der Waals surface area contributed by atoms with Gasteiger partial charge in [-0.1, -0.05) is 51.5 Å². The highest BCUT2D eigenvalue weighted by Crippen LogP contribution is 2.23. The van der Waals surface area contributed by atoms with Crippen LogP contribution in [0.2, 0.25) is 0 Å². The molecule has 1 heterocycles. The van der Waals surface area contributed by atoms with Crippen LogP contribution in [0.3, 0.4) is 0 Å². The van der Waals surface area contributed by atoms with Gasteiger partial charge in [-0.25, -0.2) is 4.39 Å². The van der Waals surface area contributed by atoms with Gasteiger partial charge in [-0.2, -0.15) is 5.10 Å². The lowest BCUT2D eigenvalue weighted by Crippen LogP contribution is -2.11.